The maximum absolute atomic E-state index is 9.50. The van der Waals surface area contributed by atoms with Crippen molar-refractivity contribution in [2.24, 2.45) is 17.3 Å². The second kappa shape index (κ2) is 4.80. The molecular weight excluding hydrogens is 270 g/mol. The van der Waals surface area contributed by atoms with Gasteiger partial charge in [0, 0.05) is 13.2 Å². The van der Waals surface area contributed by atoms with Gasteiger partial charge in [-0.2, -0.15) is 9.97 Å². The van der Waals surface area contributed by atoms with Crippen LogP contribution in [-0.4, -0.2) is 36.7 Å². The number of fused-ring (bicyclic) bond motifs is 1. The Morgan fingerprint density at radius 2 is 1.95 bits per heavy atom. The van der Waals surface area contributed by atoms with E-state index in [9.17, 15) is 5.11 Å². The summed E-state index contributed by atoms with van der Waals surface area (Å²) >= 11 is 0. The number of rotatable bonds is 3. The zero-order chi connectivity index (χ0) is 15.2. The zero-order valence-corrected chi connectivity index (χ0v) is 12.3. The Kier molecular flexibility index (Phi) is 3.20. The number of nitrogen functional groups attached to an aromatic ring is 2. The largest absolute Gasteiger partial charge is 0.396 e. The van der Waals surface area contributed by atoms with E-state index in [0.29, 0.717) is 29.5 Å². The molecule has 0 unspecified atom stereocenters. The maximum atomic E-state index is 9.50. The monoisotopic (exact) mass is 291 g/mol. The fraction of sp³-hybridized carbons (Fsp3) is 0.692. The Labute approximate surface area is 122 Å². The third-order valence-electron chi connectivity index (χ3n) is 4.99. The summed E-state index contributed by atoms with van der Waals surface area (Å²) in [5.41, 5.74) is 12.6. The van der Waals surface area contributed by atoms with E-state index < -0.39 is 0 Å². The average Bonchev–Trinajstić information content (AvgIpc) is 2.92. The highest BCUT2D eigenvalue weighted by Gasteiger charge is 2.42. The summed E-state index contributed by atoms with van der Waals surface area (Å²) in [5, 5.41) is 17.7. The molecular formula is C13H21N7O. The van der Waals surface area contributed by atoms with Crippen molar-refractivity contribution < 1.29 is 5.11 Å². The Morgan fingerprint density at radius 3 is 2.62 bits per heavy atom. The van der Waals surface area contributed by atoms with Gasteiger partial charge in [-0.3, -0.25) is 0 Å². The highest BCUT2D eigenvalue weighted by Crippen LogP contribution is 2.47. The minimum atomic E-state index is 0.0527. The molecule has 0 spiro atoms. The van der Waals surface area contributed by atoms with E-state index >= 15 is 0 Å². The van der Waals surface area contributed by atoms with Crippen molar-refractivity contribution in [3.05, 3.63) is 0 Å². The van der Waals surface area contributed by atoms with Gasteiger partial charge < -0.3 is 16.6 Å². The first-order valence-corrected chi connectivity index (χ1v) is 7.16. The predicted octanol–water partition coefficient (Wildman–Crippen LogP) is 0.430. The van der Waals surface area contributed by atoms with Crippen molar-refractivity contribution in [1.29, 1.82) is 0 Å². The van der Waals surface area contributed by atoms with Crippen LogP contribution in [0.3, 0.4) is 0 Å². The van der Waals surface area contributed by atoms with Crippen molar-refractivity contribution in [2.75, 3.05) is 18.1 Å². The summed E-state index contributed by atoms with van der Waals surface area (Å²) in [5.74, 6) is 1.10. The summed E-state index contributed by atoms with van der Waals surface area (Å²) in [4.78, 5) is 8.10. The summed E-state index contributed by atoms with van der Waals surface area (Å²) in [7, 11) is 0. The van der Waals surface area contributed by atoms with Gasteiger partial charge in [-0.05, 0) is 30.1 Å². The van der Waals surface area contributed by atoms with Gasteiger partial charge in [-0.1, -0.05) is 19.1 Å². The molecule has 3 rings (SSSR count). The smallest absolute Gasteiger partial charge is 0.224 e. The third-order valence-corrected chi connectivity index (χ3v) is 4.99. The Morgan fingerprint density at radius 1 is 1.24 bits per heavy atom. The van der Waals surface area contributed by atoms with Crippen molar-refractivity contribution in [3.63, 3.8) is 0 Å². The second-order valence-electron chi connectivity index (χ2n) is 6.39. The molecule has 5 N–H and O–H groups in total. The molecule has 2 heterocycles. The molecule has 1 aliphatic rings. The van der Waals surface area contributed by atoms with Crippen LogP contribution in [0.5, 0.6) is 0 Å². The number of hydrogen-bond acceptors (Lipinski definition) is 7. The molecule has 114 valence electrons. The zero-order valence-electron chi connectivity index (χ0n) is 12.3. The number of nitrogens with zero attached hydrogens (tertiary/aromatic N) is 5. The Bertz CT molecular complexity index is 666. The molecule has 0 saturated heterocycles. The molecule has 2 aromatic rings. The number of aliphatic hydroxyl groups excluding tert-OH is 1. The van der Waals surface area contributed by atoms with Crippen molar-refractivity contribution in [3.8, 4) is 0 Å². The van der Waals surface area contributed by atoms with Crippen LogP contribution in [0.15, 0.2) is 0 Å². The molecule has 8 heteroatoms. The van der Waals surface area contributed by atoms with E-state index in [1.54, 1.807) is 4.68 Å². The molecule has 0 radical (unpaired) electrons. The fourth-order valence-corrected chi connectivity index (χ4v) is 3.36. The van der Waals surface area contributed by atoms with Crippen LogP contribution in [0.1, 0.15) is 26.7 Å². The van der Waals surface area contributed by atoms with Crippen LogP contribution in [0.4, 0.5) is 11.8 Å². The number of hydrogen-bond donors (Lipinski definition) is 3. The highest BCUT2D eigenvalue weighted by atomic mass is 16.3. The van der Waals surface area contributed by atoms with E-state index in [-0.39, 0.29) is 23.8 Å². The van der Waals surface area contributed by atoms with E-state index in [1.165, 1.54) is 0 Å². The highest BCUT2D eigenvalue weighted by molar-refractivity contribution is 5.81. The molecule has 1 saturated carbocycles. The standard InChI is InChI=1S/C13H21N7O/c1-13(2)7(3-4-8(13)6-21)5-20-11-9(18-19-20)10(14)16-12(15)17-11/h7-8,21H,3-6H2,1-2H3,(H4,14,15,16,17)/t7-,8+/m1/s1. The summed E-state index contributed by atoms with van der Waals surface area (Å²) in [6.45, 7) is 5.31. The van der Waals surface area contributed by atoms with E-state index in [4.69, 9.17) is 11.5 Å². The minimum Gasteiger partial charge on any atom is -0.396 e. The van der Waals surface area contributed by atoms with Crippen LogP contribution in [0, 0.1) is 17.3 Å². The first-order chi connectivity index (χ1) is 9.93. The Balaban J connectivity index is 1.93. The summed E-state index contributed by atoms with van der Waals surface area (Å²) in [6, 6.07) is 0. The third kappa shape index (κ3) is 2.19. The van der Waals surface area contributed by atoms with Crippen LogP contribution in [0.25, 0.3) is 11.2 Å². The van der Waals surface area contributed by atoms with Crippen LogP contribution >= 0.6 is 0 Å². The molecule has 2 atom stereocenters. The summed E-state index contributed by atoms with van der Waals surface area (Å²) in [6.07, 6.45) is 2.08. The number of anilines is 2. The molecule has 21 heavy (non-hydrogen) atoms. The SMILES string of the molecule is CC1(C)[C@H](CO)CC[C@@H]1Cn1nnc2c(N)nc(N)nc21. The van der Waals surface area contributed by atoms with E-state index in [2.05, 4.69) is 34.1 Å². The molecule has 0 bridgehead atoms. The van der Waals surface area contributed by atoms with Gasteiger partial charge in [0.2, 0.25) is 5.95 Å². The van der Waals surface area contributed by atoms with E-state index in [0.717, 1.165) is 12.8 Å². The van der Waals surface area contributed by atoms with Gasteiger partial charge in [-0.15, -0.1) is 5.10 Å². The number of aliphatic hydroxyl groups is 1. The Hall–Kier alpha value is -1.96. The van der Waals surface area contributed by atoms with Gasteiger partial charge in [0.05, 0.1) is 0 Å². The van der Waals surface area contributed by atoms with Crippen molar-refractivity contribution >= 4 is 22.9 Å². The van der Waals surface area contributed by atoms with Gasteiger partial charge in [0.15, 0.2) is 17.0 Å². The fourth-order valence-electron chi connectivity index (χ4n) is 3.36. The first-order valence-electron chi connectivity index (χ1n) is 7.16. The molecule has 0 aromatic carbocycles. The summed E-state index contributed by atoms with van der Waals surface area (Å²) < 4.78 is 1.75. The molecule has 0 aliphatic heterocycles. The predicted molar refractivity (Wildman–Crippen MR) is 79.0 cm³/mol. The van der Waals surface area contributed by atoms with Crippen molar-refractivity contribution in [2.45, 2.75) is 33.2 Å². The van der Waals surface area contributed by atoms with Crippen LogP contribution in [-0.2, 0) is 6.54 Å². The molecule has 0 amide bonds. The number of nitrogens with two attached hydrogens (primary N) is 2. The normalized spacial score (nSPS) is 24.7. The lowest BCUT2D eigenvalue weighted by Gasteiger charge is -2.32. The molecule has 2 aromatic heterocycles. The first kappa shape index (κ1) is 14.0. The molecule has 1 fully saturated rings. The van der Waals surface area contributed by atoms with Gasteiger partial charge in [0.1, 0.15) is 0 Å². The maximum Gasteiger partial charge on any atom is 0.224 e. The van der Waals surface area contributed by atoms with Crippen LogP contribution in [0.2, 0.25) is 0 Å². The quantitative estimate of drug-likeness (QED) is 0.747. The molecule has 1 aliphatic carbocycles. The van der Waals surface area contributed by atoms with Gasteiger partial charge in [-0.25, -0.2) is 4.68 Å². The van der Waals surface area contributed by atoms with Gasteiger partial charge in [0.25, 0.3) is 0 Å². The van der Waals surface area contributed by atoms with Crippen LogP contribution < -0.4 is 11.5 Å². The van der Waals surface area contributed by atoms with E-state index in [1.807, 2.05) is 0 Å². The minimum absolute atomic E-state index is 0.0527. The lowest BCUT2D eigenvalue weighted by atomic mass is 9.76. The number of aromatic nitrogens is 5. The van der Waals surface area contributed by atoms with Crippen molar-refractivity contribution in [1.82, 2.24) is 25.0 Å². The lowest BCUT2D eigenvalue weighted by molar-refractivity contribution is 0.105. The molecule has 8 nitrogen and oxygen atoms in total. The second-order valence-corrected chi connectivity index (χ2v) is 6.39. The topological polar surface area (TPSA) is 129 Å². The van der Waals surface area contributed by atoms with Gasteiger partial charge >= 0.3 is 0 Å². The average molecular weight is 291 g/mol. The lowest BCUT2D eigenvalue weighted by Crippen LogP contribution is -2.30.